The van der Waals surface area contributed by atoms with Gasteiger partial charge in [-0.2, -0.15) is 5.10 Å². The zero-order chi connectivity index (χ0) is 16.0. The van der Waals surface area contributed by atoms with Crippen molar-refractivity contribution in [2.45, 2.75) is 27.2 Å². The predicted molar refractivity (Wildman–Crippen MR) is 87.4 cm³/mol. The Labute approximate surface area is 125 Å². The highest BCUT2D eigenvalue weighted by Crippen LogP contribution is 2.14. The highest BCUT2D eigenvalue weighted by atomic mass is 15.3. The summed E-state index contributed by atoms with van der Waals surface area (Å²) in [7, 11) is 3.66. The normalized spacial score (nSPS) is 12.1. The summed E-state index contributed by atoms with van der Waals surface area (Å²) in [5.74, 6) is 0.652. The summed E-state index contributed by atoms with van der Waals surface area (Å²) in [4.78, 5) is 13.3. The van der Waals surface area contributed by atoms with Crippen LogP contribution in [-0.2, 0) is 7.05 Å². The van der Waals surface area contributed by atoms with Crippen LogP contribution in [0.15, 0.2) is 22.8 Å². The van der Waals surface area contributed by atoms with Gasteiger partial charge in [-0.05, 0) is 26.3 Å². The first-order valence-corrected chi connectivity index (χ1v) is 6.70. The lowest BCUT2D eigenvalue weighted by Crippen LogP contribution is -2.05. The number of fused-ring (bicyclic) bond motifs is 1. The second kappa shape index (κ2) is 7.34. The maximum absolute atomic E-state index is 4.58. The van der Waals surface area contributed by atoms with Gasteiger partial charge in [-0.15, -0.1) is 12.8 Å². The van der Waals surface area contributed by atoms with Crippen LogP contribution in [0.1, 0.15) is 31.8 Å². The lowest BCUT2D eigenvalue weighted by atomic mass is 10.1. The van der Waals surface area contributed by atoms with Gasteiger partial charge in [0.2, 0.25) is 0 Å². The van der Waals surface area contributed by atoms with Crippen molar-refractivity contribution in [3.8, 4) is 12.8 Å². The number of rotatable bonds is 3. The first kappa shape index (κ1) is 16.6. The van der Waals surface area contributed by atoms with Crippen molar-refractivity contribution >= 4 is 16.7 Å². The molecule has 2 aromatic rings. The number of aliphatic imine (C=N–C) groups is 1. The molecule has 0 aliphatic heterocycles. The van der Waals surface area contributed by atoms with E-state index < -0.39 is 0 Å². The number of hydrogen-bond acceptors (Lipinski definition) is 4. The zero-order valence-electron chi connectivity index (χ0n) is 13.3. The average molecular weight is 283 g/mol. The van der Waals surface area contributed by atoms with E-state index in [1.165, 1.54) is 5.57 Å². The van der Waals surface area contributed by atoms with Crippen molar-refractivity contribution in [2.75, 3.05) is 7.05 Å². The third kappa shape index (κ3) is 3.54. The van der Waals surface area contributed by atoms with Gasteiger partial charge in [0.15, 0.2) is 5.82 Å². The van der Waals surface area contributed by atoms with Gasteiger partial charge >= 0.3 is 0 Å². The molecule has 0 radical (unpaired) electrons. The minimum Gasteiger partial charge on any atom is -0.285 e. The van der Waals surface area contributed by atoms with Crippen LogP contribution in [0.2, 0.25) is 0 Å². The van der Waals surface area contributed by atoms with Crippen molar-refractivity contribution in [1.82, 2.24) is 19.7 Å². The van der Waals surface area contributed by atoms with E-state index in [1.807, 2.05) is 20.0 Å². The maximum Gasteiger partial charge on any atom is 0.178 e. The monoisotopic (exact) mass is 283 g/mol. The fourth-order valence-corrected chi connectivity index (χ4v) is 1.89. The molecule has 5 heteroatoms. The van der Waals surface area contributed by atoms with Crippen LogP contribution in [0, 0.1) is 19.8 Å². The summed E-state index contributed by atoms with van der Waals surface area (Å²) in [5.41, 5.74) is 4.80. The Hall–Kier alpha value is -2.48. The van der Waals surface area contributed by atoms with Crippen LogP contribution in [-0.4, -0.2) is 32.5 Å². The molecular formula is C16H21N5. The molecular weight excluding hydrogens is 262 g/mol. The minimum absolute atomic E-state index is 0.652. The molecule has 0 aliphatic carbocycles. The van der Waals surface area contributed by atoms with Crippen LogP contribution in [0.5, 0.6) is 0 Å². The molecule has 0 atom stereocenters. The Morgan fingerprint density at radius 3 is 2.67 bits per heavy atom. The minimum atomic E-state index is 0.652. The first-order chi connectivity index (χ1) is 10.1. The fourth-order valence-electron chi connectivity index (χ4n) is 1.89. The number of hydrogen-bond donors (Lipinski definition) is 0. The second-order valence-corrected chi connectivity index (χ2v) is 4.59. The predicted octanol–water partition coefficient (Wildman–Crippen LogP) is 2.70. The summed E-state index contributed by atoms with van der Waals surface area (Å²) in [6, 6.07) is 0. The van der Waals surface area contributed by atoms with E-state index in [0.717, 1.165) is 28.9 Å². The van der Waals surface area contributed by atoms with Gasteiger partial charge in [0.05, 0.1) is 11.9 Å². The Morgan fingerprint density at radius 1 is 1.43 bits per heavy atom. The summed E-state index contributed by atoms with van der Waals surface area (Å²) >= 11 is 0. The topological polar surface area (TPSA) is 56.0 Å². The number of terminal acetylenes is 1. The molecule has 0 amide bonds. The molecule has 0 aromatic carbocycles. The van der Waals surface area contributed by atoms with E-state index >= 15 is 0 Å². The number of nitrogens with zero attached hydrogens (tertiary/aromatic N) is 5. The average Bonchev–Trinajstić information content (AvgIpc) is 2.81. The number of aryl methyl sites for hydroxylation is 2. The SMILES string of the molecule is C#C.CC/C(C)=C\C(=NC)c1ncc2c(n1)c(C)nn2C. The molecule has 0 fully saturated rings. The van der Waals surface area contributed by atoms with Gasteiger partial charge in [0.1, 0.15) is 16.7 Å². The highest BCUT2D eigenvalue weighted by molar-refractivity contribution is 6.07. The van der Waals surface area contributed by atoms with E-state index in [2.05, 4.69) is 46.8 Å². The Kier molecular flexibility index (Phi) is 5.79. The molecule has 0 unspecified atom stereocenters. The summed E-state index contributed by atoms with van der Waals surface area (Å²) < 4.78 is 1.80. The van der Waals surface area contributed by atoms with E-state index in [1.54, 1.807) is 17.9 Å². The molecule has 110 valence electrons. The molecule has 0 aliphatic rings. The van der Waals surface area contributed by atoms with Gasteiger partial charge in [0.25, 0.3) is 0 Å². The van der Waals surface area contributed by atoms with Gasteiger partial charge in [-0.3, -0.25) is 9.67 Å². The molecule has 2 aromatic heterocycles. The van der Waals surface area contributed by atoms with E-state index in [4.69, 9.17) is 0 Å². The Bertz CT molecular complexity index is 704. The standard InChI is InChI=1S/C14H19N5.C2H2/c1-6-9(2)7-11(15-4)14-16-8-12-13(17-14)10(3)18-19(12)5;1-2/h7-8H,6H2,1-5H3;1-2H/b9-7-,15-11?;. The lowest BCUT2D eigenvalue weighted by molar-refractivity contribution is 0.782. The number of allylic oxidation sites excluding steroid dienone is 2. The van der Waals surface area contributed by atoms with Crippen LogP contribution in [0.3, 0.4) is 0 Å². The van der Waals surface area contributed by atoms with Gasteiger partial charge in [-0.25, -0.2) is 9.97 Å². The van der Waals surface area contributed by atoms with Crippen molar-refractivity contribution < 1.29 is 0 Å². The van der Waals surface area contributed by atoms with Crippen molar-refractivity contribution in [2.24, 2.45) is 12.0 Å². The van der Waals surface area contributed by atoms with E-state index in [9.17, 15) is 0 Å². The molecule has 5 nitrogen and oxygen atoms in total. The van der Waals surface area contributed by atoms with Gasteiger partial charge in [-0.1, -0.05) is 12.5 Å². The van der Waals surface area contributed by atoms with Crippen molar-refractivity contribution in [3.05, 3.63) is 29.4 Å². The molecule has 0 bridgehead atoms. The molecule has 2 rings (SSSR count). The third-order valence-corrected chi connectivity index (χ3v) is 3.17. The second-order valence-electron chi connectivity index (χ2n) is 4.59. The van der Waals surface area contributed by atoms with Crippen molar-refractivity contribution in [1.29, 1.82) is 0 Å². The molecule has 0 saturated carbocycles. The molecule has 0 N–H and O–H groups in total. The van der Waals surface area contributed by atoms with Gasteiger partial charge in [0, 0.05) is 14.1 Å². The van der Waals surface area contributed by atoms with Gasteiger partial charge < -0.3 is 0 Å². The summed E-state index contributed by atoms with van der Waals surface area (Å²) in [5, 5.41) is 4.35. The third-order valence-electron chi connectivity index (χ3n) is 3.17. The summed E-state index contributed by atoms with van der Waals surface area (Å²) in [6.45, 7) is 6.16. The quantitative estimate of drug-likeness (QED) is 0.643. The Balaban J connectivity index is 0.00000106. The largest absolute Gasteiger partial charge is 0.285 e. The van der Waals surface area contributed by atoms with Crippen molar-refractivity contribution in [3.63, 3.8) is 0 Å². The number of aromatic nitrogens is 4. The first-order valence-electron chi connectivity index (χ1n) is 6.70. The summed E-state index contributed by atoms with van der Waals surface area (Å²) in [6.07, 6.45) is 12.8. The molecule has 0 saturated heterocycles. The van der Waals surface area contributed by atoms with Crippen LogP contribution >= 0.6 is 0 Å². The zero-order valence-corrected chi connectivity index (χ0v) is 13.3. The van der Waals surface area contributed by atoms with Crippen LogP contribution < -0.4 is 0 Å². The fraction of sp³-hybridized carbons (Fsp3) is 0.375. The molecule has 2 heterocycles. The molecule has 0 spiro atoms. The molecule has 21 heavy (non-hydrogen) atoms. The Morgan fingerprint density at radius 2 is 2.10 bits per heavy atom. The van der Waals surface area contributed by atoms with E-state index in [0.29, 0.717) is 5.82 Å². The maximum atomic E-state index is 4.58. The smallest absolute Gasteiger partial charge is 0.178 e. The highest BCUT2D eigenvalue weighted by Gasteiger charge is 2.10. The van der Waals surface area contributed by atoms with Crippen LogP contribution in [0.4, 0.5) is 0 Å². The lowest BCUT2D eigenvalue weighted by Gasteiger charge is -2.02. The van der Waals surface area contributed by atoms with Crippen LogP contribution in [0.25, 0.3) is 11.0 Å². The van der Waals surface area contributed by atoms with E-state index in [-0.39, 0.29) is 0 Å².